The Kier molecular flexibility index (Phi) is 1.26. The van der Waals surface area contributed by atoms with Crippen LogP contribution in [0.5, 0.6) is 0 Å². The van der Waals surface area contributed by atoms with Gasteiger partial charge in [0.1, 0.15) is 5.78 Å². The minimum atomic E-state index is 0.233. The lowest BCUT2D eigenvalue weighted by Crippen LogP contribution is -2.47. The van der Waals surface area contributed by atoms with Crippen molar-refractivity contribution in [1.29, 1.82) is 0 Å². The summed E-state index contributed by atoms with van der Waals surface area (Å²) in [5.74, 6) is 0.672. The summed E-state index contributed by atoms with van der Waals surface area (Å²) < 4.78 is 0. The van der Waals surface area contributed by atoms with Gasteiger partial charge in [0, 0.05) is 12.3 Å². The van der Waals surface area contributed by atoms with E-state index in [4.69, 9.17) is 0 Å². The zero-order valence-electron chi connectivity index (χ0n) is 7.02. The fourth-order valence-corrected chi connectivity index (χ4v) is 2.74. The Morgan fingerprint density at radius 2 is 2.36 bits per heavy atom. The first kappa shape index (κ1) is 7.08. The van der Waals surface area contributed by atoms with Crippen molar-refractivity contribution < 1.29 is 4.79 Å². The van der Waals surface area contributed by atoms with Crippen molar-refractivity contribution in [3.05, 3.63) is 12.2 Å². The quantitative estimate of drug-likeness (QED) is 0.484. The van der Waals surface area contributed by atoms with Crippen molar-refractivity contribution in [3.8, 4) is 0 Å². The number of carbonyl (C=O) groups is 1. The molecule has 0 spiro atoms. The molecule has 0 radical (unpaired) electrons. The number of rotatable bonds is 0. The molecule has 0 aliphatic heterocycles. The third kappa shape index (κ3) is 0.800. The molecule has 0 heterocycles. The summed E-state index contributed by atoms with van der Waals surface area (Å²) in [5.41, 5.74) is 1.49. The summed E-state index contributed by atoms with van der Waals surface area (Å²) >= 11 is 0. The number of Topliss-reactive ketones (excluding diaryl/α,β-unsaturated/α-hetero) is 1. The van der Waals surface area contributed by atoms with E-state index >= 15 is 0 Å². The van der Waals surface area contributed by atoms with E-state index in [-0.39, 0.29) is 5.92 Å². The zero-order valence-corrected chi connectivity index (χ0v) is 7.02. The van der Waals surface area contributed by atoms with Gasteiger partial charge in [0.15, 0.2) is 0 Å². The second-order valence-electron chi connectivity index (χ2n) is 4.24. The Hall–Kier alpha value is -0.590. The van der Waals surface area contributed by atoms with Gasteiger partial charge in [0.05, 0.1) is 0 Å². The SMILES string of the molecule is C=C1C[C@]2(C)CCCC(=O)[C@H]12. The van der Waals surface area contributed by atoms with E-state index in [0.717, 1.165) is 19.3 Å². The second-order valence-corrected chi connectivity index (χ2v) is 4.24. The zero-order chi connectivity index (χ0) is 8.06. The van der Waals surface area contributed by atoms with E-state index in [0.29, 0.717) is 11.2 Å². The molecule has 0 aromatic carbocycles. The fourth-order valence-electron chi connectivity index (χ4n) is 2.74. The van der Waals surface area contributed by atoms with Crippen LogP contribution >= 0.6 is 0 Å². The van der Waals surface area contributed by atoms with Crippen LogP contribution in [0.25, 0.3) is 0 Å². The molecular weight excluding hydrogens is 136 g/mol. The third-order valence-electron chi connectivity index (χ3n) is 3.23. The largest absolute Gasteiger partial charge is 0.299 e. The van der Waals surface area contributed by atoms with Crippen LogP contribution in [-0.4, -0.2) is 5.78 Å². The van der Waals surface area contributed by atoms with E-state index < -0.39 is 0 Å². The topological polar surface area (TPSA) is 17.1 Å². The Labute approximate surface area is 67.5 Å². The van der Waals surface area contributed by atoms with Gasteiger partial charge in [-0.05, 0) is 24.7 Å². The lowest BCUT2D eigenvalue weighted by molar-refractivity contribution is -0.131. The fraction of sp³-hybridized carbons (Fsp3) is 0.700. The van der Waals surface area contributed by atoms with E-state index in [9.17, 15) is 4.79 Å². The smallest absolute Gasteiger partial charge is 0.140 e. The van der Waals surface area contributed by atoms with Crippen molar-refractivity contribution in [2.75, 3.05) is 0 Å². The molecule has 0 unspecified atom stereocenters. The molecule has 0 amide bonds. The van der Waals surface area contributed by atoms with Crippen LogP contribution in [0.15, 0.2) is 12.2 Å². The molecule has 11 heavy (non-hydrogen) atoms. The molecule has 0 bridgehead atoms. The number of hydrogen-bond donors (Lipinski definition) is 0. The highest BCUT2D eigenvalue weighted by Crippen LogP contribution is 2.56. The van der Waals surface area contributed by atoms with Gasteiger partial charge in [0.2, 0.25) is 0 Å². The molecule has 0 saturated heterocycles. The number of hydrogen-bond acceptors (Lipinski definition) is 1. The molecular formula is C10H14O. The minimum absolute atomic E-state index is 0.233. The van der Waals surface area contributed by atoms with Crippen molar-refractivity contribution in [2.45, 2.75) is 32.6 Å². The molecule has 2 aliphatic rings. The van der Waals surface area contributed by atoms with Gasteiger partial charge in [-0.2, -0.15) is 0 Å². The first-order valence-electron chi connectivity index (χ1n) is 4.34. The number of carbonyl (C=O) groups excluding carboxylic acids is 1. The van der Waals surface area contributed by atoms with Gasteiger partial charge in [0.25, 0.3) is 0 Å². The van der Waals surface area contributed by atoms with E-state index in [2.05, 4.69) is 13.5 Å². The van der Waals surface area contributed by atoms with Crippen molar-refractivity contribution >= 4 is 5.78 Å². The molecule has 2 saturated carbocycles. The van der Waals surface area contributed by atoms with Crippen LogP contribution in [0, 0.1) is 11.3 Å². The van der Waals surface area contributed by atoms with Gasteiger partial charge in [-0.3, -0.25) is 4.79 Å². The Balaban J connectivity index is 2.25. The van der Waals surface area contributed by atoms with Crippen LogP contribution in [0.2, 0.25) is 0 Å². The highest BCUT2D eigenvalue weighted by atomic mass is 16.1. The van der Waals surface area contributed by atoms with E-state index in [1.807, 2.05) is 0 Å². The minimum Gasteiger partial charge on any atom is -0.299 e. The van der Waals surface area contributed by atoms with E-state index in [1.54, 1.807) is 0 Å². The van der Waals surface area contributed by atoms with Gasteiger partial charge >= 0.3 is 0 Å². The van der Waals surface area contributed by atoms with Crippen molar-refractivity contribution in [3.63, 3.8) is 0 Å². The summed E-state index contributed by atoms with van der Waals surface area (Å²) in [6, 6.07) is 0. The summed E-state index contributed by atoms with van der Waals surface area (Å²) in [6.07, 6.45) is 4.20. The Bertz CT molecular complexity index is 229. The molecule has 2 aliphatic carbocycles. The van der Waals surface area contributed by atoms with Gasteiger partial charge < -0.3 is 0 Å². The Morgan fingerprint density at radius 1 is 1.64 bits per heavy atom. The van der Waals surface area contributed by atoms with Crippen LogP contribution < -0.4 is 0 Å². The van der Waals surface area contributed by atoms with E-state index in [1.165, 1.54) is 12.0 Å². The van der Waals surface area contributed by atoms with Gasteiger partial charge in [-0.1, -0.05) is 19.1 Å². The predicted octanol–water partition coefficient (Wildman–Crippen LogP) is 2.32. The number of allylic oxidation sites excluding steroid dienone is 1. The lowest BCUT2D eigenvalue weighted by atomic mass is 9.52. The number of ketones is 1. The standard InChI is InChI=1S/C10H14O/c1-7-6-10(2)5-3-4-8(11)9(7)10/h9H,1,3-6H2,2H3/t9-,10-/m0/s1. The van der Waals surface area contributed by atoms with Gasteiger partial charge in [-0.15, -0.1) is 0 Å². The summed E-state index contributed by atoms with van der Waals surface area (Å²) in [7, 11) is 0. The van der Waals surface area contributed by atoms with Crippen LogP contribution in [0.3, 0.4) is 0 Å². The first-order valence-corrected chi connectivity index (χ1v) is 4.34. The van der Waals surface area contributed by atoms with Crippen molar-refractivity contribution in [1.82, 2.24) is 0 Å². The molecule has 2 atom stereocenters. The first-order chi connectivity index (χ1) is 5.13. The molecule has 1 heteroatoms. The highest BCUT2D eigenvalue weighted by Gasteiger charge is 2.50. The summed E-state index contributed by atoms with van der Waals surface area (Å²) in [6.45, 7) is 6.15. The maximum atomic E-state index is 11.4. The maximum Gasteiger partial charge on any atom is 0.140 e. The predicted molar refractivity (Wildman–Crippen MR) is 44.2 cm³/mol. The molecule has 2 rings (SSSR count). The summed E-state index contributed by atoms with van der Waals surface area (Å²) in [5, 5.41) is 0. The monoisotopic (exact) mass is 150 g/mol. The third-order valence-corrected chi connectivity index (χ3v) is 3.23. The average Bonchev–Trinajstić information content (AvgIpc) is 1.84. The molecule has 0 aromatic rings. The van der Waals surface area contributed by atoms with Crippen LogP contribution in [0.4, 0.5) is 0 Å². The van der Waals surface area contributed by atoms with Crippen LogP contribution in [-0.2, 0) is 4.79 Å². The van der Waals surface area contributed by atoms with Crippen molar-refractivity contribution in [2.24, 2.45) is 11.3 Å². The molecule has 0 aromatic heterocycles. The molecule has 0 N–H and O–H groups in total. The lowest BCUT2D eigenvalue weighted by Gasteiger charge is -2.51. The highest BCUT2D eigenvalue weighted by molar-refractivity contribution is 5.87. The number of fused-ring (bicyclic) bond motifs is 1. The average molecular weight is 150 g/mol. The normalized spacial score (nSPS) is 43.2. The Morgan fingerprint density at radius 3 is 2.82 bits per heavy atom. The van der Waals surface area contributed by atoms with Gasteiger partial charge in [-0.25, -0.2) is 0 Å². The summed E-state index contributed by atoms with van der Waals surface area (Å²) in [4.78, 5) is 11.4. The molecule has 1 nitrogen and oxygen atoms in total. The molecule has 60 valence electrons. The molecule has 2 fully saturated rings. The maximum absolute atomic E-state index is 11.4. The van der Waals surface area contributed by atoms with Crippen LogP contribution in [0.1, 0.15) is 32.6 Å². The second kappa shape index (κ2) is 1.96.